The third-order valence-corrected chi connectivity index (χ3v) is 5.96. The van der Waals surface area contributed by atoms with E-state index in [9.17, 15) is 13.2 Å². The molecule has 0 spiro atoms. The maximum Gasteiger partial charge on any atom is 0.240 e. The van der Waals surface area contributed by atoms with Gasteiger partial charge in [-0.15, -0.1) is 11.8 Å². The van der Waals surface area contributed by atoms with Crippen LogP contribution in [0.5, 0.6) is 5.75 Å². The molecular formula is C18H22N2O5S2. The van der Waals surface area contributed by atoms with Gasteiger partial charge in [0.1, 0.15) is 5.75 Å². The molecule has 2 N–H and O–H groups in total. The third kappa shape index (κ3) is 6.87. The lowest BCUT2D eigenvalue weighted by Gasteiger charge is -2.08. The SMILES string of the molecule is COCCNS(=O)(=O)c1ccc(NC(=O)CSc2ccc(OC)cc2)cc1. The second-order valence-electron chi connectivity index (χ2n) is 5.43. The zero-order chi connectivity index (χ0) is 19.7. The molecule has 0 unspecified atom stereocenters. The number of hydrogen-bond donors (Lipinski definition) is 2. The van der Waals surface area contributed by atoms with E-state index in [4.69, 9.17) is 9.47 Å². The highest BCUT2D eigenvalue weighted by Gasteiger charge is 2.13. The van der Waals surface area contributed by atoms with Crippen molar-refractivity contribution in [2.45, 2.75) is 9.79 Å². The van der Waals surface area contributed by atoms with Crippen molar-refractivity contribution in [2.24, 2.45) is 0 Å². The molecule has 0 heterocycles. The van der Waals surface area contributed by atoms with Gasteiger partial charge in [0.25, 0.3) is 0 Å². The molecule has 146 valence electrons. The lowest BCUT2D eigenvalue weighted by atomic mass is 10.3. The van der Waals surface area contributed by atoms with Crippen LogP contribution in [0.1, 0.15) is 0 Å². The quantitative estimate of drug-likeness (QED) is 0.461. The van der Waals surface area contributed by atoms with Crippen LogP contribution < -0.4 is 14.8 Å². The summed E-state index contributed by atoms with van der Waals surface area (Å²) in [6.07, 6.45) is 0. The third-order valence-electron chi connectivity index (χ3n) is 3.48. The molecule has 2 aromatic rings. The second-order valence-corrected chi connectivity index (χ2v) is 8.24. The van der Waals surface area contributed by atoms with Crippen LogP contribution >= 0.6 is 11.8 Å². The van der Waals surface area contributed by atoms with E-state index >= 15 is 0 Å². The number of nitrogens with one attached hydrogen (secondary N) is 2. The van der Waals surface area contributed by atoms with Gasteiger partial charge in [-0.2, -0.15) is 0 Å². The van der Waals surface area contributed by atoms with Crippen molar-refractivity contribution in [3.05, 3.63) is 48.5 Å². The zero-order valence-electron chi connectivity index (χ0n) is 15.1. The van der Waals surface area contributed by atoms with Gasteiger partial charge in [-0.3, -0.25) is 4.79 Å². The highest BCUT2D eigenvalue weighted by molar-refractivity contribution is 8.00. The standard InChI is InChI=1S/C18H22N2O5S2/c1-24-12-11-19-27(22,23)17-9-3-14(4-10-17)20-18(21)13-26-16-7-5-15(25-2)6-8-16/h3-10,19H,11-13H2,1-2H3,(H,20,21). The fourth-order valence-corrected chi connectivity index (χ4v) is 3.81. The fraction of sp³-hybridized carbons (Fsp3) is 0.278. The van der Waals surface area contributed by atoms with E-state index in [2.05, 4.69) is 10.0 Å². The van der Waals surface area contributed by atoms with E-state index in [1.54, 1.807) is 19.2 Å². The number of anilines is 1. The van der Waals surface area contributed by atoms with Crippen LogP contribution in [0.25, 0.3) is 0 Å². The van der Waals surface area contributed by atoms with E-state index in [1.165, 1.54) is 31.0 Å². The Hall–Kier alpha value is -2.07. The average molecular weight is 411 g/mol. The van der Waals surface area contributed by atoms with Crippen LogP contribution in [0.15, 0.2) is 58.3 Å². The molecule has 0 aromatic heterocycles. The first-order valence-corrected chi connectivity index (χ1v) is 10.6. The topological polar surface area (TPSA) is 93.7 Å². The number of thioether (sulfide) groups is 1. The van der Waals surface area contributed by atoms with Crippen LogP contribution in [0.4, 0.5) is 5.69 Å². The second kappa shape index (κ2) is 10.3. The summed E-state index contributed by atoms with van der Waals surface area (Å²) in [6, 6.07) is 13.4. The van der Waals surface area contributed by atoms with Gasteiger partial charge in [0.05, 0.1) is 24.4 Å². The Morgan fingerprint density at radius 1 is 1.04 bits per heavy atom. The molecule has 0 aliphatic rings. The molecule has 0 fully saturated rings. The average Bonchev–Trinajstić information content (AvgIpc) is 2.67. The Bertz CT molecular complexity index is 837. The van der Waals surface area contributed by atoms with E-state index < -0.39 is 10.0 Å². The summed E-state index contributed by atoms with van der Waals surface area (Å²) in [4.78, 5) is 13.1. The van der Waals surface area contributed by atoms with Crippen molar-refractivity contribution in [2.75, 3.05) is 38.4 Å². The highest BCUT2D eigenvalue weighted by atomic mass is 32.2. The molecular weight excluding hydrogens is 388 g/mol. The zero-order valence-corrected chi connectivity index (χ0v) is 16.7. The monoisotopic (exact) mass is 410 g/mol. The fourth-order valence-electron chi connectivity index (χ4n) is 2.10. The first kappa shape index (κ1) is 21.2. The summed E-state index contributed by atoms with van der Waals surface area (Å²) in [5.74, 6) is 0.825. The molecule has 0 atom stereocenters. The summed E-state index contributed by atoms with van der Waals surface area (Å²) in [5, 5.41) is 2.75. The van der Waals surface area contributed by atoms with Crippen molar-refractivity contribution >= 4 is 33.4 Å². The normalized spacial score (nSPS) is 11.2. The van der Waals surface area contributed by atoms with Gasteiger partial charge in [-0.25, -0.2) is 13.1 Å². The maximum absolute atomic E-state index is 12.1. The molecule has 9 heteroatoms. The molecule has 2 aromatic carbocycles. The Morgan fingerprint density at radius 3 is 2.30 bits per heavy atom. The van der Waals surface area contributed by atoms with E-state index in [1.807, 2.05) is 24.3 Å². The van der Waals surface area contributed by atoms with Crippen LogP contribution in [-0.2, 0) is 19.6 Å². The molecule has 0 bridgehead atoms. The molecule has 27 heavy (non-hydrogen) atoms. The lowest BCUT2D eigenvalue weighted by Crippen LogP contribution is -2.27. The van der Waals surface area contributed by atoms with Gasteiger partial charge in [-0.05, 0) is 48.5 Å². The predicted octanol–water partition coefficient (Wildman–Crippen LogP) is 2.35. The van der Waals surface area contributed by atoms with Gasteiger partial charge >= 0.3 is 0 Å². The van der Waals surface area contributed by atoms with Gasteiger partial charge < -0.3 is 14.8 Å². The molecule has 0 aliphatic carbocycles. The minimum absolute atomic E-state index is 0.129. The number of carbonyl (C=O) groups excluding carboxylic acids is 1. The van der Waals surface area contributed by atoms with Crippen LogP contribution in [0.2, 0.25) is 0 Å². The predicted molar refractivity (Wildman–Crippen MR) is 106 cm³/mol. The van der Waals surface area contributed by atoms with E-state index in [0.717, 1.165) is 10.6 Å². The van der Waals surface area contributed by atoms with Crippen molar-refractivity contribution in [1.29, 1.82) is 0 Å². The van der Waals surface area contributed by atoms with Crippen molar-refractivity contribution < 1.29 is 22.7 Å². The van der Waals surface area contributed by atoms with Gasteiger partial charge in [0.15, 0.2) is 0 Å². The first-order valence-electron chi connectivity index (χ1n) is 8.10. The van der Waals surface area contributed by atoms with Crippen LogP contribution in [-0.4, -0.2) is 47.4 Å². The molecule has 0 saturated heterocycles. The van der Waals surface area contributed by atoms with Gasteiger partial charge in [0.2, 0.25) is 15.9 Å². The summed E-state index contributed by atoms with van der Waals surface area (Å²) in [5.41, 5.74) is 0.533. The first-order chi connectivity index (χ1) is 12.9. The number of hydrogen-bond acceptors (Lipinski definition) is 6. The molecule has 2 rings (SSSR count). The van der Waals surface area contributed by atoms with Gasteiger partial charge in [-0.1, -0.05) is 0 Å². The Labute approximate surface area is 163 Å². The maximum atomic E-state index is 12.1. The Morgan fingerprint density at radius 2 is 1.70 bits per heavy atom. The minimum Gasteiger partial charge on any atom is -0.497 e. The Balaban J connectivity index is 1.86. The molecule has 0 radical (unpaired) electrons. The van der Waals surface area contributed by atoms with Crippen molar-refractivity contribution in [3.63, 3.8) is 0 Å². The Kier molecular flexibility index (Phi) is 8.11. The van der Waals surface area contributed by atoms with Crippen molar-refractivity contribution in [1.82, 2.24) is 4.72 Å². The number of methoxy groups -OCH3 is 2. The lowest BCUT2D eigenvalue weighted by molar-refractivity contribution is -0.113. The van der Waals surface area contributed by atoms with E-state index in [0.29, 0.717) is 12.3 Å². The summed E-state index contributed by atoms with van der Waals surface area (Å²) < 4.78 is 36.5. The largest absolute Gasteiger partial charge is 0.497 e. The number of sulfonamides is 1. The van der Waals surface area contributed by atoms with Crippen LogP contribution in [0, 0.1) is 0 Å². The number of amides is 1. The smallest absolute Gasteiger partial charge is 0.240 e. The number of benzene rings is 2. The highest BCUT2D eigenvalue weighted by Crippen LogP contribution is 2.21. The number of carbonyl (C=O) groups is 1. The summed E-state index contributed by atoms with van der Waals surface area (Å²) in [7, 11) is -0.489. The number of ether oxygens (including phenoxy) is 2. The van der Waals surface area contributed by atoms with Crippen LogP contribution in [0.3, 0.4) is 0 Å². The molecule has 0 saturated carbocycles. The molecule has 7 nitrogen and oxygen atoms in total. The van der Waals surface area contributed by atoms with E-state index in [-0.39, 0.29) is 23.1 Å². The van der Waals surface area contributed by atoms with Crippen molar-refractivity contribution in [3.8, 4) is 5.75 Å². The molecule has 0 aliphatic heterocycles. The number of rotatable bonds is 10. The summed E-state index contributed by atoms with van der Waals surface area (Å²) >= 11 is 1.40. The summed E-state index contributed by atoms with van der Waals surface area (Å²) in [6.45, 7) is 0.485. The van der Waals surface area contributed by atoms with Gasteiger partial charge in [0, 0.05) is 24.2 Å². The minimum atomic E-state index is -3.59. The molecule has 1 amide bonds.